The largest absolute Gasteiger partial charge is 0.241 e. The minimum Gasteiger partial charge on any atom is -0.207 e. The third-order valence-electron chi connectivity index (χ3n) is 2.19. The topological polar surface area (TPSA) is 70.0 Å². The van der Waals surface area contributed by atoms with Crippen molar-refractivity contribution in [3.05, 3.63) is 28.2 Å². The molecule has 1 aromatic carbocycles. The SMILES string of the molecule is Cc1ccc(Br)cc1S(=O)(=O)NC(C)CC#N. The highest BCUT2D eigenvalue weighted by molar-refractivity contribution is 9.10. The summed E-state index contributed by atoms with van der Waals surface area (Å²) in [4.78, 5) is 0.233. The maximum absolute atomic E-state index is 12.0. The maximum atomic E-state index is 12.0. The lowest BCUT2D eigenvalue weighted by molar-refractivity contribution is 0.562. The first kappa shape index (κ1) is 14.2. The number of hydrogen-bond acceptors (Lipinski definition) is 3. The summed E-state index contributed by atoms with van der Waals surface area (Å²) >= 11 is 3.24. The van der Waals surface area contributed by atoms with Crippen molar-refractivity contribution in [3.8, 4) is 6.07 Å². The summed E-state index contributed by atoms with van der Waals surface area (Å²) < 4.78 is 27.3. The van der Waals surface area contributed by atoms with Crippen molar-refractivity contribution in [3.63, 3.8) is 0 Å². The molecule has 0 aromatic heterocycles. The summed E-state index contributed by atoms with van der Waals surface area (Å²) in [6.45, 7) is 3.39. The molecule has 1 aromatic rings. The first-order chi connectivity index (χ1) is 7.86. The normalized spacial score (nSPS) is 13.1. The van der Waals surface area contributed by atoms with Gasteiger partial charge in [-0.05, 0) is 31.5 Å². The predicted octanol–water partition coefficient (Wildman–Crippen LogP) is 2.34. The Balaban J connectivity index is 3.06. The molecule has 1 unspecified atom stereocenters. The van der Waals surface area contributed by atoms with Crippen LogP contribution in [0.1, 0.15) is 18.9 Å². The Morgan fingerprint density at radius 2 is 2.18 bits per heavy atom. The summed E-state index contributed by atoms with van der Waals surface area (Å²) in [5, 5.41) is 8.51. The van der Waals surface area contributed by atoms with Gasteiger partial charge in [-0.2, -0.15) is 5.26 Å². The second-order valence-corrected chi connectivity index (χ2v) is 6.39. The number of aryl methyl sites for hydroxylation is 1. The van der Waals surface area contributed by atoms with E-state index in [0.717, 1.165) is 0 Å². The predicted molar refractivity (Wildman–Crippen MR) is 68.9 cm³/mol. The standard InChI is InChI=1S/C11H13BrN2O2S/c1-8-3-4-10(12)7-11(8)17(15,16)14-9(2)5-6-13/h3-4,7,9,14H,5H2,1-2H3. The Bertz CT molecular complexity index is 549. The molecule has 0 fully saturated rings. The van der Waals surface area contributed by atoms with Gasteiger partial charge >= 0.3 is 0 Å². The Labute approximate surface area is 110 Å². The van der Waals surface area contributed by atoms with Crippen LogP contribution >= 0.6 is 15.9 Å². The third-order valence-corrected chi connectivity index (χ3v) is 4.42. The van der Waals surface area contributed by atoms with Crippen molar-refractivity contribution >= 4 is 26.0 Å². The van der Waals surface area contributed by atoms with Gasteiger partial charge in [-0.1, -0.05) is 22.0 Å². The fourth-order valence-corrected chi connectivity index (χ4v) is 3.40. The fourth-order valence-electron chi connectivity index (χ4n) is 1.37. The average molecular weight is 317 g/mol. The van der Waals surface area contributed by atoms with Gasteiger partial charge in [0.1, 0.15) is 0 Å². The van der Waals surface area contributed by atoms with Crippen LogP contribution in [0, 0.1) is 18.3 Å². The molecule has 1 rings (SSSR count). The van der Waals surface area contributed by atoms with Crippen LogP contribution in [0.25, 0.3) is 0 Å². The summed E-state index contributed by atoms with van der Waals surface area (Å²) in [5.41, 5.74) is 0.671. The number of nitriles is 1. The van der Waals surface area contributed by atoms with Crippen LogP contribution in [0.5, 0.6) is 0 Å². The molecule has 1 N–H and O–H groups in total. The molecule has 0 spiro atoms. The highest BCUT2D eigenvalue weighted by Gasteiger charge is 2.19. The molecule has 0 aliphatic carbocycles. The van der Waals surface area contributed by atoms with Gasteiger partial charge in [-0.15, -0.1) is 0 Å². The fraction of sp³-hybridized carbons (Fsp3) is 0.364. The average Bonchev–Trinajstić information content (AvgIpc) is 2.21. The summed E-state index contributed by atoms with van der Waals surface area (Å²) in [5.74, 6) is 0. The molecule has 0 saturated heterocycles. The van der Waals surface area contributed by atoms with Crippen LogP contribution < -0.4 is 4.72 Å². The summed E-state index contributed by atoms with van der Waals surface area (Å²) in [6, 6.07) is 6.60. The molecule has 0 amide bonds. The molecule has 6 heteroatoms. The van der Waals surface area contributed by atoms with Gasteiger partial charge in [0.15, 0.2) is 0 Å². The van der Waals surface area contributed by atoms with Gasteiger partial charge in [0.05, 0.1) is 17.4 Å². The number of sulfonamides is 1. The van der Waals surface area contributed by atoms with Crippen LogP contribution in [0.2, 0.25) is 0 Å². The van der Waals surface area contributed by atoms with Crippen molar-refractivity contribution in [2.45, 2.75) is 31.2 Å². The molecule has 17 heavy (non-hydrogen) atoms. The number of benzene rings is 1. The number of hydrogen-bond donors (Lipinski definition) is 1. The molecule has 0 saturated carbocycles. The van der Waals surface area contributed by atoms with Gasteiger partial charge in [-0.25, -0.2) is 13.1 Å². The van der Waals surface area contributed by atoms with Gasteiger partial charge in [0, 0.05) is 10.5 Å². The minimum atomic E-state index is -3.57. The Morgan fingerprint density at radius 1 is 1.53 bits per heavy atom. The first-order valence-electron chi connectivity index (χ1n) is 5.02. The van der Waals surface area contributed by atoms with Crippen molar-refractivity contribution in [2.75, 3.05) is 0 Å². The van der Waals surface area contributed by atoms with E-state index in [1.165, 1.54) is 0 Å². The Kier molecular flexibility index (Phi) is 4.69. The van der Waals surface area contributed by atoms with Crippen molar-refractivity contribution in [2.24, 2.45) is 0 Å². The number of nitrogens with one attached hydrogen (secondary N) is 1. The molecule has 0 bridgehead atoms. The number of halogens is 1. The molecule has 92 valence electrons. The van der Waals surface area contributed by atoms with E-state index in [4.69, 9.17) is 5.26 Å². The lowest BCUT2D eigenvalue weighted by Gasteiger charge is -2.13. The zero-order valence-corrected chi connectivity index (χ0v) is 12.0. The van der Waals surface area contributed by atoms with Gasteiger partial charge in [0.25, 0.3) is 0 Å². The Hall–Kier alpha value is -0.900. The molecule has 1 atom stereocenters. The van der Waals surface area contributed by atoms with Crippen LogP contribution in [-0.4, -0.2) is 14.5 Å². The molecule has 0 aliphatic heterocycles. The van der Waals surface area contributed by atoms with E-state index in [0.29, 0.717) is 10.0 Å². The van der Waals surface area contributed by atoms with E-state index in [-0.39, 0.29) is 11.3 Å². The van der Waals surface area contributed by atoms with Crippen LogP contribution in [0.15, 0.2) is 27.6 Å². The van der Waals surface area contributed by atoms with E-state index in [2.05, 4.69) is 20.7 Å². The van der Waals surface area contributed by atoms with E-state index < -0.39 is 16.1 Å². The quantitative estimate of drug-likeness (QED) is 0.926. The zero-order valence-electron chi connectivity index (χ0n) is 9.57. The lowest BCUT2D eigenvalue weighted by Crippen LogP contribution is -2.32. The van der Waals surface area contributed by atoms with Gasteiger partial charge in [-0.3, -0.25) is 0 Å². The number of rotatable bonds is 4. The lowest BCUT2D eigenvalue weighted by atomic mass is 10.2. The van der Waals surface area contributed by atoms with E-state index >= 15 is 0 Å². The van der Waals surface area contributed by atoms with Crippen molar-refractivity contribution < 1.29 is 8.42 Å². The summed E-state index contributed by atoms with van der Waals surface area (Å²) in [6.07, 6.45) is 0.145. The molecule has 0 radical (unpaired) electrons. The van der Waals surface area contributed by atoms with Crippen LogP contribution in [-0.2, 0) is 10.0 Å². The first-order valence-corrected chi connectivity index (χ1v) is 7.30. The van der Waals surface area contributed by atoms with E-state index in [9.17, 15) is 8.42 Å². The molecule has 4 nitrogen and oxygen atoms in total. The maximum Gasteiger partial charge on any atom is 0.241 e. The van der Waals surface area contributed by atoms with Gasteiger partial charge < -0.3 is 0 Å². The highest BCUT2D eigenvalue weighted by atomic mass is 79.9. The monoisotopic (exact) mass is 316 g/mol. The molecular formula is C11H13BrN2O2S. The smallest absolute Gasteiger partial charge is 0.207 e. The molecular weight excluding hydrogens is 304 g/mol. The van der Waals surface area contributed by atoms with Crippen molar-refractivity contribution in [1.82, 2.24) is 4.72 Å². The summed E-state index contributed by atoms with van der Waals surface area (Å²) in [7, 11) is -3.57. The second kappa shape index (κ2) is 5.63. The highest BCUT2D eigenvalue weighted by Crippen LogP contribution is 2.20. The molecule has 0 heterocycles. The van der Waals surface area contributed by atoms with Crippen LogP contribution in [0.4, 0.5) is 0 Å². The Morgan fingerprint density at radius 3 is 2.76 bits per heavy atom. The van der Waals surface area contributed by atoms with E-state index in [1.807, 2.05) is 6.07 Å². The zero-order chi connectivity index (χ0) is 13.1. The minimum absolute atomic E-state index is 0.145. The third kappa shape index (κ3) is 3.80. The van der Waals surface area contributed by atoms with Crippen molar-refractivity contribution in [1.29, 1.82) is 5.26 Å². The second-order valence-electron chi connectivity index (χ2n) is 3.79. The van der Waals surface area contributed by atoms with E-state index in [1.54, 1.807) is 32.0 Å². The van der Waals surface area contributed by atoms with Crippen LogP contribution in [0.3, 0.4) is 0 Å². The van der Waals surface area contributed by atoms with Gasteiger partial charge in [0.2, 0.25) is 10.0 Å². The number of nitrogens with zero attached hydrogens (tertiary/aromatic N) is 1. The molecule has 0 aliphatic rings.